The number of hydrogen-bond acceptors (Lipinski definition) is 4. The highest BCUT2D eigenvalue weighted by Crippen LogP contribution is 2.25. The van der Waals surface area contributed by atoms with Crippen LogP contribution in [0, 0.1) is 17.2 Å². The van der Waals surface area contributed by atoms with Crippen molar-refractivity contribution in [3.05, 3.63) is 28.8 Å². The van der Waals surface area contributed by atoms with E-state index in [1.165, 1.54) is 0 Å². The van der Waals surface area contributed by atoms with E-state index < -0.39 is 0 Å². The zero-order chi connectivity index (χ0) is 16.8. The van der Waals surface area contributed by atoms with E-state index in [0.29, 0.717) is 23.0 Å². The minimum atomic E-state index is 0.0698. The number of halogens is 1. The first-order chi connectivity index (χ1) is 11.0. The van der Waals surface area contributed by atoms with Gasteiger partial charge in [-0.25, -0.2) is 0 Å². The number of likely N-dealkylation sites (tertiary alicyclic amines) is 1. The number of carbonyl (C=O) groups excluding carboxylic acids is 1. The molecular formula is C17H23ClN4O. The number of piperidine rings is 1. The molecular weight excluding hydrogens is 312 g/mol. The molecule has 0 atom stereocenters. The first kappa shape index (κ1) is 17.6. The third kappa shape index (κ3) is 4.85. The van der Waals surface area contributed by atoms with E-state index in [4.69, 9.17) is 11.6 Å². The number of amides is 1. The number of rotatable bonds is 5. The van der Waals surface area contributed by atoms with Crippen LogP contribution in [-0.4, -0.2) is 51.1 Å². The van der Waals surface area contributed by atoms with Crippen LogP contribution < -0.4 is 10.2 Å². The summed E-state index contributed by atoms with van der Waals surface area (Å²) in [6, 6.07) is 7.64. The Morgan fingerprint density at radius 2 is 2.17 bits per heavy atom. The quantitative estimate of drug-likeness (QED) is 0.896. The summed E-state index contributed by atoms with van der Waals surface area (Å²) in [6.45, 7) is 3.27. The van der Waals surface area contributed by atoms with Gasteiger partial charge in [-0.15, -0.1) is 0 Å². The van der Waals surface area contributed by atoms with Gasteiger partial charge in [0.2, 0.25) is 5.91 Å². The molecule has 1 aromatic rings. The highest BCUT2D eigenvalue weighted by molar-refractivity contribution is 6.30. The smallest absolute Gasteiger partial charge is 0.233 e. The molecule has 124 valence electrons. The van der Waals surface area contributed by atoms with Gasteiger partial charge in [0.15, 0.2) is 0 Å². The normalized spacial score (nSPS) is 15.9. The first-order valence-corrected chi connectivity index (χ1v) is 8.25. The molecule has 1 amide bonds. The molecule has 0 spiro atoms. The summed E-state index contributed by atoms with van der Waals surface area (Å²) in [5, 5.41) is 12.5. The lowest BCUT2D eigenvalue weighted by Crippen LogP contribution is -2.42. The van der Waals surface area contributed by atoms with Gasteiger partial charge in [0.05, 0.1) is 17.8 Å². The number of likely N-dealkylation sites (N-methyl/N-ethyl adjacent to an activating group) is 1. The number of nitriles is 1. The van der Waals surface area contributed by atoms with Gasteiger partial charge in [-0.3, -0.25) is 9.69 Å². The molecule has 1 aliphatic heterocycles. The molecule has 2 rings (SSSR count). The molecule has 0 unspecified atom stereocenters. The molecule has 1 heterocycles. The second-order valence-electron chi connectivity index (χ2n) is 6.05. The van der Waals surface area contributed by atoms with Crippen molar-refractivity contribution in [1.29, 1.82) is 5.26 Å². The summed E-state index contributed by atoms with van der Waals surface area (Å²) in [7, 11) is 3.68. The highest BCUT2D eigenvalue weighted by Gasteiger charge is 2.22. The molecule has 1 aliphatic rings. The summed E-state index contributed by atoms with van der Waals surface area (Å²) in [5.41, 5.74) is 1.53. The van der Waals surface area contributed by atoms with Crippen molar-refractivity contribution in [3.63, 3.8) is 0 Å². The third-order valence-corrected chi connectivity index (χ3v) is 4.61. The van der Waals surface area contributed by atoms with Crippen LogP contribution in [0.15, 0.2) is 18.2 Å². The molecule has 5 nitrogen and oxygen atoms in total. The molecule has 1 N–H and O–H groups in total. The standard InChI is InChI=1S/C17H23ClN4O/c1-20-17(23)12-22-7-5-13(6-8-22)11-21(2)16-4-3-15(18)9-14(16)10-19/h3-4,9,13H,5-8,11-12H2,1-2H3,(H,20,23). The van der Waals surface area contributed by atoms with Crippen LogP contribution in [0.5, 0.6) is 0 Å². The van der Waals surface area contributed by atoms with Crippen molar-refractivity contribution in [3.8, 4) is 6.07 Å². The van der Waals surface area contributed by atoms with Gasteiger partial charge in [-0.1, -0.05) is 11.6 Å². The Balaban J connectivity index is 1.89. The Morgan fingerprint density at radius 3 is 2.78 bits per heavy atom. The molecule has 0 aliphatic carbocycles. The summed E-state index contributed by atoms with van der Waals surface area (Å²) in [6.07, 6.45) is 2.13. The molecule has 0 radical (unpaired) electrons. The van der Waals surface area contributed by atoms with Crippen molar-refractivity contribution in [2.24, 2.45) is 5.92 Å². The minimum Gasteiger partial charge on any atom is -0.373 e. The highest BCUT2D eigenvalue weighted by atomic mass is 35.5. The Kier molecular flexibility index (Phi) is 6.26. The Hall–Kier alpha value is -1.77. The van der Waals surface area contributed by atoms with Gasteiger partial charge >= 0.3 is 0 Å². The van der Waals surface area contributed by atoms with Gasteiger partial charge < -0.3 is 10.2 Å². The molecule has 6 heteroatoms. The van der Waals surface area contributed by atoms with Gasteiger partial charge in [-0.05, 0) is 50.0 Å². The lowest BCUT2D eigenvalue weighted by atomic mass is 9.96. The van der Waals surface area contributed by atoms with Crippen molar-refractivity contribution in [2.45, 2.75) is 12.8 Å². The van der Waals surface area contributed by atoms with Crippen molar-refractivity contribution in [1.82, 2.24) is 10.2 Å². The maximum Gasteiger partial charge on any atom is 0.233 e. The predicted octanol–water partition coefficient (Wildman–Crippen LogP) is 2.11. The van der Waals surface area contributed by atoms with E-state index in [2.05, 4.69) is 21.2 Å². The van der Waals surface area contributed by atoms with E-state index in [0.717, 1.165) is 38.2 Å². The lowest BCUT2D eigenvalue weighted by Gasteiger charge is -2.34. The van der Waals surface area contributed by atoms with Crippen LogP contribution >= 0.6 is 11.6 Å². The van der Waals surface area contributed by atoms with Crippen molar-refractivity contribution >= 4 is 23.2 Å². The maximum absolute atomic E-state index is 11.4. The summed E-state index contributed by atoms with van der Waals surface area (Å²) in [4.78, 5) is 15.7. The molecule has 1 fully saturated rings. The second-order valence-corrected chi connectivity index (χ2v) is 6.48. The summed E-state index contributed by atoms with van der Waals surface area (Å²) < 4.78 is 0. The molecule has 0 saturated carbocycles. The number of benzene rings is 1. The van der Waals surface area contributed by atoms with Crippen LogP contribution in [0.2, 0.25) is 5.02 Å². The Bertz CT molecular complexity index is 591. The molecule has 1 aromatic carbocycles. The van der Waals surface area contributed by atoms with E-state index in [-0.39, 0.29) is 5.91 Å². The van der Waals surface area contributed by atoms with Crippen LogP contribution in [0.1, 0.15) is 18.4 Å². The Labute approximate surface area is 142 Å². The van der Waals surface area contributed by atoms with Gasteiger partial charge in [0.25, 0.3) is 0 Å². The van der Waals surface area contributed by atoms with Crippen LogP contribution in [-0.2, 0) is 4.79 Å². The van der Waals surface area contributed by atoms with Gasteiger partial charge in [0, 0.05) is 25.7 Å². The van der Waals surface area contributed by atoms with E-state index in [9.17, 15) is 10.1 Å². The van der Waals surface area contributed by atoms with Crippen molar-refractivity contribution < 1.29 is 4.79 Å². The number of nitrogens with one attached hydrogen (secondary N) is 1. The topological polar surface area (TPSA) is 59.4 Å². The van der Waals surface area contributed by atoms with E-state index in [1.807, 2.05) is 19.2 Å². The minimum absolute atomic E-state index is 0.0698. The predicted molar refractivity (Wildman–Crippen MR) is 92.7 cm³/mol. The number of anilines is 1. The molecule has 0 aromatic heterocycles. The monoisotopic (exact) mass is 334 g/mol. The second kappa shape index (κ2) is 8.19. The average molecular weight is 335 g/mol. The van der Waals surface area contributed by atoms with Gasteiger partial charge in [-0.2, -0.15) is 5.26 Å². The fraction of sp³-hybridized carbons (Fsp3) is 0.529. The van der Waals surface area contributed by atoms with Crippen molar-refractivity contribution in [2.75, 3.05) is 45.2 Å². The average Bonchev–Trinajstić information content (AvgIpc) is 2.56. The van der Waals surface area contributed by atoms with Gasteiger partial charge in [0.1, 0.15) is 6.07 Å². The molecule has 1 saturated heterocycles. The number of carbonyl (C=O) groups is 1. The number of nitrogens with zero attached hydrogens (tertiary/aromatic N) is 3. The lowest BCUT2D eigenvalue weighted by molar-refractivity contribution is -0.122. The van der Waals surface area contributed by atoms with E-state index in [1.54, 1.807) is 13.1 Å². The zero-order valence-electron chi connectivity index (χ0n) is 13.7. The fourth-order valence-corrected chi connectivity index (χ4v) is 3.20. The third-order valence-electron chi connectivity index (χ3n) is 4.38. The maximum atomic E-state index is 11.4. The van der Waals surface area contributed by atoms with Crippen LogP contribution in [0.25, 0.3) is 0 Å². The first-order valence-electron chi connectivity index (χ1n) is 7.87. The summed E-state index contributed by atoms with van der Waals surface area (Å²) >= 11 is 5.95. The summed E-state index contributed by atoms with van der Waals surface area (Å²) in [5.74, 6) is 0.642. The van der Waals surface area contributed by atoms with E-state index >= 15 is 0 Å². The van der Waals surface area contributed by atoms with Crippen LogP contribution in [0.4, 0.5) is 5.69 Å². The largest absolute Gasteiger partial charge is 0.373 e. The molecule has 23 heavy (non-hydrogen) atoms. The van der Waals surface area contributed by atoms with Crippen LogP contribution in [0.3, 0.4) is 0 Å². The zero-order valence-corrected chi connectivity index (χ0v) is 14.4. The molecule has 0 bridgehead atoms. The number of hydrogen-bond donors (Lipinski definition) is 1. The Morgan fingerprint density at radius 1 is 1.48 bits per heavy atom. The SMILES string of the molecule is CNC(=O)CN1CCC(CN(C)c2ccc(Cl)cc2C#N)CC1. The fourth-order valence-electron chi connectivity index (χ4n) is 3.03.